The van der Waals surface area contributed by atoms with E-state index in [2.05, 4.69) is 0 Å². The molecule has 1 saturated heterocycles. The van der Waals surface area contributed by atoms with Crippen LogP contribution in [0.2, 0.25) is 10.0 Å². The van der Waals surface area contributed by atoms with Gasteiger partial charge in [0.25, 0.3) is 0 Å². The fraction of sp³-hybridized carbons (Fsp3) is 0.0690. The Hall–Kier alpha value is -3.73. The SMILES string of the molecule is O=C1/C(=C/c2ccccc2)CN(C(=O)/C=C/C(=O)c2ccc(Cl)c(Cl)c2)C/C1=C\c1ccccc1. The van der Waals surface area contributed by atoms with E-state index in [1.165, 1.54) is 24.3 Å². The van der Waals surface area contributed by atoms with Crippen LogP contribution in [0.5, 0.6) is 0 Å². The van der Waals surface area contributed by atoms with Crippen molar-refractivity contribution >= 4 is 52.8 Å². The summed E-state index contributed by atoms with van der Waals surface area (Å²) in [5, 5.41) is 0.606. The van der Waals surface area contributed by atoms with E-state index in [4.69, 9.17) is 23.2 Å². The maximum Gasteiger partial charge on any atom is 0.247 e. The summed E-state index contributed by atoms with van der Waals surface area (Å²) in [5.74, 6) is -0.841. The Morgan fingerprint density at radius 3 is 1.77 bits per heavy atom. The van der Waals surface area contributed by atoms with Crippen LogP contribution < -0.4 is 0 Å². The summed E-state index contributed by atoms with van der Waals surface area (Å²) < 4.78 is 0. The van der Waals surface area contributed by atoms with Crippen LogP contribution in [0.25, 0.3) is 12.2 Å². The van der Waals surface area contributed by atoms with Gasteiger partial charge >= 0.3 is 0 Å². The summed E-state index contributed by atoms with van der Waals surface area (Å²) in [6.07, 6.45) is 6.02. The Kier molecular flexibility index (Phi) is 7.76. The average Bonchev–Trinajstić information content (AvgIpc) is 2.87. The largest absolute Gasteiger partial charge is 0.330 e. The van der Waals surface area contributed by atoms with Crippen LogP contribution in [-0.2, 0) is 9.59 Å². The summed E-state index contributed by atoms with van der Waals surface area (Å²) in [4.78, 5) is 40.3. The van der Waals surface area contributed by atoms with E-state index >= 15 is 0 Å². The Labute approximate surface area is 213 Å². The second kappa shape index (κ2) is 11.1. The average molecular weight is 502 g/mol. The van der Waals surface area contributed by atoms with Crippen molar-refractivity contribution in [1.29, 1.82) is 0 Å². The first-order valence-corrected chi connectivity index (χ1v) is 11.7. The number of Topliss-reactive ketones (excluding diaryl/α,β-unsaturated/α-hetero) is 1. The third-order valence-corrected chi connectivity index (χ3v) is 6.22. The van der Waals surface area contributed by atoms with E-state index in [0.29, 0.717) is 21.7 Å². The molecule has 0 aromatic heterocycles. The number of piperidine rings is 1. The van der Waals surface area contributed by atoms with Crippen LogP contribution in [0.1, 0.15) is 21.5 Å². The number of ketones is 2. The van der Waals surface area contributed by atoms with Crippen molar-refractivity contribution in [2.75, 3.05) is 13.1 Å². The third kappa shape index (κ3) is 6.24. The summed E-state index contributed by atoms with van der Waals surface area (Å²) >= 11 is 11.9. The minimum atomic E-state index is -0.371. The minimum absolute atomic E-state index is 0.0994. The van der Waals surface area contributed by atoms with Gasteiger partial charge in [0.1, 0.15) is 0 Å². The van der Waals surface area contributed by atoms with Crippen LogP contribution >= 0.6 is 23.2 Å². The normalized spacial score (nSPS) is 16.3. The third-order valence-electron chi connectivity index (χ3n) is 5.48. The molecule has 174 valence electrons. The zero-order valence-electron chi connectivity index (χ0n) is 18.7. The highest BCUT2D eigenvalue weighted by molar-refractivity contribution is 6.42. The number of carbonyl (C=O) groups is 3. The predicted octanol–water partition coefficient (Wildman–Crippen LogP) is 6.31. The summed E-state index contributed by atoms with van der Waals surface area (Å²) in [7, 11) is 0. The van der Waals surface area contributed by atoms with Crippen LogP contribution in [-0.4, -0.2) is 35.5 Å². The van der Waals surface area contributed by atoms with Gasteiger partial charge in [-0.25, -0.2) is 0 Å². The van der Waals surface area contributed by atoms with Crippen molar-refractivity contribution in [2.45, 2.75) is 0 Å². The van der Waals surface area contributed by atoms with Crippen molar-refractivity contribution < 1.29 is 14.4 Å². The van der Waals surface area contributed by atoms with E-state index in [1.807, 2.05) is 60.7 Å². The van der Waals surface area contributed by atoms with E-state index in [9.17, 15) is 14.4 Å². The molecule has 3 aromatic rings. The molecule has 1 fully saturated rings. The fourth-order valence-electron chi connectivity index (χ4n) is 3.69. The number of nitrogens with zero attached hydrogens (tertiary/aromatic N) is 1. The van der Waals surface area contributed by atoms with E-state index < -0.39 is 0 Å². The van der Waals surface area contributed by atoms with Crippen LogP contribution in [0.4, 0.5) is 0 Å². The lowest BCUT2D eigenvalue weighted by Crippen LogP contribution is -2.40. The number of likely N-dealkylation sites (tertiary alicyclic amines) is 1. The second-order valence-corrected chi connectivity index (χ2v) is 8.82. The Balaban J connectivity index is 1.60. The monoisotopic (exact) mass is 501 g/mol. The van der Waals surface area contributed by atoms with Crippen molar-refractivity contribution in [1.82, 2.24) is 4.90 Å². The van der Waals surface area contributed by atoms with Gasteiger partial charge in [-0.15, -0.1) is 0 Å². The number of hydrogen-bond donors (Lipinski definition) is 0. The number of rotatable bonds is 5. The van der Waals surface area contributed by atoms with Gasteiger partial charge in [0, 0.05) is 22.8 Å². The molecule has 0 bridgehead atoms. The number of allylic oxidation sites excluding steroid dienone is 1. The molecule has 1 aliphatic rings. The number of carbonyl (C=O) groups excluding carboxylic acids is 3. The van der Waals surface area contributed by atoms with Gasteiger partial charge in [-0.1, -0.05) is 83.9 Å². The molecular formula is C29H21Cl2NO3. The molecule has 0 saturated carbocycles. The van der Waals surface area contributed by atoms with Crippen LogP contribution in [0.15, 0.2) is 102 Å². The molecule has 0 N–H and O–H groups in total. The number of hydrogen-bond acceptors (Lipinski definition) is 3. The van der Waals surface area contributed by atoms with Gasteiger partial charge in [0.05, 0.1) is 23.1 Å². The Bertz CT molecular complexity index is 1300. The van der Waals surface area contributed by atoms with E-state index in [0.717, 1.165) is 11.1 Å². The van der Waals surface area contributed by atoms with Crippen molar-refractivity contribution in [3.8, 4) is 0 Å². The zero-order valence-corrected chi connectivity index (χ0v) is 20.2. The zero-order chi connectivity index (χ0) is 24.8. The smallest absolute Gasteiger partial charge is 0.247 e. The standard InChI is InChI=1S/C29H21Cl2NO3/c30-25-12-11-22(17-26(25)31)27(33)13-14-28(34)32-18-23(15-20-7-3-1-4-8-20)29(35)24(19-32)16-21-9-5-2-6-10-21/h1-17H,18-19H2/b14-13+,23-15+,24-16+. The number of halogens is 2. The summed E-state index contributed by atoms with van der Waals surface area (Å²) in [6.45, 7) is 0.286. The topological polar surface area (TPSA) is 54.5 Å². The summed E-state index contributed by atoms with van der Waals surface area (Å²) in [6, 6.07) is 23.5. The Morgan fingerprint density at radius 1 is 0.714 bits per heavy atom. The van der Waals surface area contributed by atoms with Gasteiger partial charge in [0.15, 0.2) is 11.6 Å². The lowest BCUT2D eigenvalue weighted by Gasteiger charge is -2.29. The van der Waals surface area contributed by atoms with E-state index in [-0.39, 0.29) is 35.6 Å². The first kappa shape index (κ1) is 24.4. The maximum absolute atomic E-state index is 13.2. The molecule has 0 atom stereocenters. The molecule has 0 radical (unpaired) electrons. The molecule has 1 aliphatic heterocycles. The molecule has 4 nitrogen and oxygen atoms in total. The van der Waals surface area contributed by atoms with Gasteiger partial charge in [0.2, 0.25) is 5.91 Å². The molecule has 0 unspecified atom stereocenters. The molecule has 6 heteroatoms. The van der Waals surface area contributed by atoms with Gasteiger partial charge < -0.3 is 4.90 Å². The second-order valence-electron chi connectivity index (χ2n) is 8.01. The molecular weight excluding hydrogens is 481 g/mol. The lowest BCUT2D eigenvalue weighted by molar-refractivity contribution is -0.126. The minimum Gasteiger partial charge on any atom is -0.330 e. The highest BCUT2D eigenvalue weighted by Gasteiger charge is 2.28. The van der Waals surface area contributed by atoms with Gasteiger partial charge in [-0.2, -0.15) is 0 Å². The maximum atomic E-state index is 13.2. The number of amides is 1. The van der Waals surface area contributed by atoms with Gasteiger partial charge in [-0.3, -0.25) is 14.4 Å². The highest BCUT2D eigenvalue weighted by Crippen LogP contribution is 2.24. The van der Waals surface area contributed by atoms with E-state index in [1.54, 1.807) is 23.1 Å². The molecule has 35 heavy (non-hydrogen) atoms. The molecule has 4 rings (SSSR count). The first-order valence-electron chi connectivity index (χ1n) is 10.9. The number of benzene rings is 3. The Morgan fingerprint density at radius 2 is 1.26 bits per heavy atom. The fourth-order valence-corrected chi connectivity index (χ4v) is 3.99. The van der Waals surface area contributed by atoms with Gasteiger partial charge in [-0.05, 0) is 47.6 Å². The molecule has 0 spiro atoms. The van der Waals surface area contributed by atoms with Crippen molar-refractivity contribution in [3.63, 3.8) is 0 Å². The van der Waals surface area contributed by atoms with Crippen molar-refractivity contribution in [3.05, 3.63) is 129 Å². The first-order chi connectivity index (χ1) is 16.9. The molecule has 0 aliphatic carbocycles. The van der Waals surface area contributed by atoms with Crippen LogP contribution in [0.3, 0.4) is 0 Å². The highest BCUT2D eigenvalue weighted by atomic mass is 35.5. The molecule has 3 aromatic carbocycles. The summed E-state index contributed by atoms with van der Waals surface area (Å²) in [5.41, 5.74) is 3.07. The van der Waals surface area contributed by atoms with Crippen LogP contribution in [0, 0.1) is 0 Å². The molecule has 1 amide bonds. The quantitative estimate of drug-likeness (QED) is 0.304. The lowest BCUT2D eigenvalue weighted by atomic mass is 9.94. The molecule has 1 heterocycles. The predicted molar refractivity (Wildman–Crippen MR) is 140 cm³/mol. The van der Waals surface area contributed by atoms with Crippen molar-refractivity contribution in [2.24, 2.45) is 0 Å².